The lowest BCUT2D eigenvalue weighted by Crippen LogP contribution is -2.50. The van der Waals surface area contributed by atoms with Crippen LogP contribution in [0.4, 0.5) is 0 Å². The largest absolute Gasteiger partial charge is 0.497 e. The first-order chi connectivity index (χ1) is 9.85. The molecular formula is C14H18N2O5. The zero-order valence-electron chi connectivity index (χ0n) is 11.7. The van der Waals surface area contributed by atoms with Gasteiger partial charge in [0, 0.05) is 19.5 Å². The number of carboxylic acids is 2. The summed E-state index contributed by atoms with van der Waals surface area (Å²) >= 11 is 0. The number of hydrogen-bond acceptors (Lipinski definition) is 5. The van der Waals surface area contributed by atoms with E-state index in [1.54, 1.807) is 24.1 Å². The van der Waals surface area contributed by atoms with Crippen LogP contribution in [0.1, 0.15) is 12.0 Å². The van der Waals surface area contributed by atoms with Crippen molar-refractivity contribution in [1.29, 1.82) is 0 Å². The second kappa shape index (κ2) is 5.71. The second-order valence-electron chi connectivity index (χ2n) is 5.27. The van der Waals surface area contributed by atoms with Gasteiger partial charge in [0.05, 0.1) is 7.11 Å². The molecule has 0 radical (unpaired) electrons. The van der Waals surface area contributed by atoms with Crippen LogP contribution in [0.3, 0.4) is 0 Å². The number of rotatable bonds is 5. The first kappa shape index (κ1) is 15.3. The quantitative estimate of drug-likeness (QED) is 0.707. The van der Waals surface area contributed by atoms with E-state index < -0.39 is 23.5 Å². The molecule has 21 heavy (non-hydrogen) atoms. The molecule has 0 aromatic heterocycles. The van der Waals surface area contributed by atoms with Crippen molar-refractivity contribution < 1.29 is 24.5 Å². The maximum Gasteiger partial charge on any atom is 0.325 e. The van der Waals surface area contributed by atoms with Crippen molar-refractivity contribution in [2.75, 3.05) is 13.7 Å². The summed E-state index contributed by atoms with van der Waals surface area (Å²) in [6.45, 7) is 0.332. The monoisotopic (exact) mass is 294 g/mol. The highest BCUT2D eigenvalue weighted by Crippen LogP contribution is 2.28. The standard InChI is InChI=1S/C14H18N2O5/c1-21-10-4-2-9(3-5-10)7-16-8-14(15,13(19)20)6-11(16)12(17)18/h2-5,11H,6-8,15H2,1H3,(H,17,18)(H,19,20)/t11-,14-/m1/s1. The van der Waals surface area contributed by atoms with E-state index >= 15 is 0 Å². The van der Waals surface area contributed by atoms with Crippen molar-refractivity contribution >= 4 is 11.9 Å². The number of nitrogens with zero attached hydrogens (tertiary/aromatic N) is 1. The van der Waals surface area contributed by atoms with Crippen LogP contribution in [0.25, 0.3) is 0 Å². The van der Waals surface area contributed by atoms with Gasteiger partial charge < -0.3 is 20.7 Å². The number of hydrogen-bond donors (Lipinski definition) is 3. The molecule has 1 fully saturated rings. The molecule has 0 saturated carbocycles. The van der Waals surface area contributed by atoms with E-state index in [-0.39, 0.29) is 13.0 Å². The molecule has 0 spiro atoms. The van der Waals surface area contributed by atoms with Crippen LogP contribution in [-0.4, -0.2) is 52.3 Å². The van der Waals surface area contributed by atoms with E-state index in [9.17, 15) is 14.7 Å². The highest BCUT2D eigenvalue weighted by molar-refractivity contribution is 5.83. The molecule has 1 aliphatic rings. The Morgan fingerprint density at radius 3 is 2.48 bits per heavy atom. The summed E-state index contributed by atoms with van der Waals surface area (Å²) in [5, 5.41) is 18.4. The molecule has 1 saturated heterocycles. The van der Waals surface area contributed by atoms with Crippen LogP contribution in [0, 0.1) is 0 Å². The molecule has 2 atom stereocenters. The van der Waals surface area contributed by atoms with Gasteiger partial charge in [0.15, 0.2) is 0 Å². The first-order valence-corrected chi connectivity index (χ1v) is 6.48. The normalized spacial score (nSPS) is 25.7. The molecule has 0 amide bonds. The molecule has 0 bridgehead atoms. The van der Waals surface area contributed by atoms with E-state index in [1.165, 1.54) is 0 Å². The van der Waals surface area contributed by atoms with Gasteiger partial charge in [-0.15, -0.1) is 0 Å². The Kier molecular flexibility index (Phi) is 4.15. The third-order valence-electron chi connectivity index (χ3n) is 3.74. The van der Waals surface area contributed by atoms with Crippen LogP contribution >= 0.6 is 0 Å². The van der Waals surface area contributed by atoms with Crippen molar-refractivity contribution in [3.05, 3.63) is 29.8 Å². The van der Waals surface area contributed by atoms with Gasteiger partial charge in [-0.2, -0.15) is 0 Å². The van der Waals surface area contributed by atoms with Crippen molar-refractivity contribution in [3.63, 3.8) is 0 Å². The Morgan fingerprint density at radius 1 is 1.38 bits per heavy atom. The van der Waals surface area contributed by atoms with Crippen molar-refractivity contribution in [1.82, 2.24) is 4.90 Å². The summed E-state index contributed by atoms with van der Waals surface area (Å²) in [5.41, 5.74) is 5.15. The number of carboxylic acid groups (broad SMARTS) is 2. The molecule has 0 aliphatic carbocycles. The zero-order valence-corrected chi connectivity index (χ0v) is 11.7. The summed E-state index contributed by atoms with van der Waals surface area (Å²) in [5.74, 6) is -1.53. The molecule has 7 heteroatoms. The minimum Gasteiger partial charge on any atom is -0.497 e. The second-order valence-corrected chi connectivity index (χ2v) is 5.27. The molecule has 1 aromatic carbocycles. The molecule has 0 unspecified atom stereocenters. The number of likely N-dealkylation sites (tertiary alicyclic amines) is 1. The Morgan fingerprint density at radius 2 is 2.00 bits per heavy atom. The smallest absolute Gasteiger partial charge is 0.325 e. The molecular weight excluding hydrogens is 276 g/mol. The average Bonchev–Trinajstić information content (AvgIpc) is 2.78. The SMILES string of the molecule is COc1ccc(CN2C[C@@](N)(C(=O)O)C[C@@H]2C(=O)O)cc1. The van der Waals surface area contributed by atoms with Gasteiger partial charge in [-0.1, -0.05) is 12.1 Å². The zero-order chi connectivity index (χ0) is 15.6. The lowest BCUT2D eigenvalue weighted by Gasteiger charge is -2.21. The van der Waals surface area contributed by atoms with Crippen molar-refractivity contribution in [2.45, 2.75) is 24.5 Å². The lowest BCUT2D eigenvalue weighted by atomic mass is 9.98. The van der Waals surface area contributed by atoms with Crippen LogP contribution in [0.15, 0.2) is 24.3 Å². The number of ether oxygens (including phenoxy) is 1. The lowest BCUT2D eigenvalue weighted by molar-refractivity contribution is -0.142. The fourth-order valence-electron chi connectivity index (χ4n) is 2.54. The minimum absolute atomic E-state index is 0.00529. The number of aliphatic carboxylic acids is 2. The van der Waals surface area contributed by atoms with Crippen LogP contribution in [0.5, 0.6) is 5.75 Å². The topological polar surface area (TPSA) is 113 Å². The molecule has 1 aromatic rings. The molecule has 114 valence electrons. The maximum absolute atomic E-state index is 11.3. The molecule has 2 rings (SSSR count). The van der Waals surface area contributed by atoms with Crippen LogP contribution in [0.2, 0.25) is 0 Å². The fourth-order valence-corrected chi connectivity index (χ4v) is 2.54. The summed E-state index contributed by atoms with van der Waals surface area (Å²) in [6, 6.07) is 6.28. The van der Waals surface area contributed by atoms with Gasteiger partial charge in [0.25, 0.3) is 0 Å². The van der Waals surface area contributed by atoms with Crippen molar-refractivity contribution in [2.24, 2.45) is 5.73 Å². The Bertz CT molecular complexity index is 545. The van der Waals surface area contributed by atoms with Gasteiger partial charge >= 0.3 is 11.9 Å². The number of nitrogens with two attached hydrogens (primary N) is 1. The predicted molar refractivity (Wildman–Crippen MR) is 74.0 cm³/mol. The molecule has 7 nitrogen and oxygen atoms in total. The third-order valence-corrected chi connectivity index (χ3v) is 3.74. The van der Waals surface area contributed by atoms with E-state index in [2.05, 4.69) is 0 Å². The number of methoxy groups -OCH3 is 1. The minimum atomic E-state index is -1.52. The third kappa shape index (κ3) is 3.14. The van der Waals surface area contributed by atoms with Crippen LogP contribution < -0.4 is 10.5 Å². The highest BCUT2D eigenvalue weighted by atomic mass is 16.5. The van der Waals surface area contributed by atoms with E-state index in [0.29, 0.717) is 12.3 Å². The maximum atomic E-state index is 11.3. The molecule has 1 heterocycles. The van der Waals surface area contributed by atoms with E-state index in [4.69, 9.17) is 15.6 Å². The highest BCUT2D eigenvalue weighted by Gasteiger charge is 2.49. The van der Waals surface area contributed by atoms with Gasteiger partial charge in [0.2, 0.25) is 0 Å². The fraction of sp³-hybridized carbons (Fsp3) is 0.429. The van der Waals surface area contributed by atoms with Gasteiger partial charge in [-0.25, -0.2) is 0 Å². The average molecular weight is 294 g/mol. The van der Waals surface area contributed by atoms with E-state index in [1.807, 2.05) is 12.1 Å². The molecule has 1 aliphatic heterocycles. The number of benzene rings is 1. The number of carbonyl (C=O) groups is 2. The van der Waals surface area contributed by atoms with Gasteiger partial charge in [0.1, 0.15) is 17.3 Å². The van der Waals surface area contributed by atoms with Crippen molar-refractivity contribution in [3.8, 4) is 5.75 Å². The summed E-state index contributed by atoms with van der Waals surface area (Å²) < 4.78 is 5.06. The van der Waals surface area contributed by atoms with Gasteiger partial charge in [-0.05, 0) is 17.7 Å². The Hall–Kier alpha value is -2.12. The first-order valence-electron chi connectivity index (χ1n) is 6.48. The summed E-state index contributed by atoms with van der Waals surface area (Å²) in [6.07, 6.45) is -0.103. The van der Waals surface area contributed by atoms with Gasteiger partial charge in [-0.3, -0.25) is 14.5 Å². The summed E-state index contributed by atoms with van der Waals surface area (Å²) in [7, 11) is 1.56. The Balaban J connectivity index is 2.16. The van der Waals surface area contributed by atoms with E-state index in [0.717, 1.165) is 5.56 Å². The summed E-state index contributed by atoms with van der Waals surface area (Å²) in [4.78, 5) is 24.1. The van der Waals surface area contributed by atoms with Crippen LogP contribution in [-0.2, 0) is 16.1 Å². The predicted octanol–water partition coefficient (Wildman–Crippen LogP) is 0.136. The Labute approximate surface area is 121 Å². The molecule has 4 N–H and O–H groups in total.